The van der Waals surface area contributed by atoms with Gasteiger partial charge in [-0.2, -0.15) is 0 Å². The molecule has 158 valence electrons. The molecule has 2 aromatic carbocycles. The molecule has 0 radical (unpaired) electrons. The van der Waals surface area contributed by atoms with Gasteiger partial charge in [-0.25, -0.2) is 4.79 Å². The Morgan fingerprint density at radius 3 is 2.33 bits per heavy atom. The molecule has 0 N–H and O–H groups in total. The normalized spacial score (nSPS) is 22.7. The van der Waals surface area contributed by atoms with Crippen molar-refractivity contribution < 1.29 is 14.3 Å². The lowest BCUT2D eigenvalue weighted by molar-refractivity contribution is -0.129. The molecule has 2 saturated heterocycles. The number of amides is 3. The lowest BCUT2D eigenvalue weighted by Gasteiger charge is -2.32. The molecule has 3 amide bonds. The Labute approximate surface area is 178 Å². The van der Waals surface area contributed by atoms with E-state index in [2.05, 4.69) is 0 Å². The highest BCUT2D eigenvalue weighted by molar-refractivity contribution is 5.79. The average Bonchev–Trinajstić information content (AvgIpc) is 3.32. The monoisotopic (exact) mass is 407 g/mol. The van der Waals surface area contributed by atoms with Crippen LogP contribution in [0.4, 0.5) is 4.79 Å². The van der Waals surface area contributed by atoms with Crippen LogP contribution in [-0.2, 0) is 11.2 Å². The van der Waals surface area contributed by atoms with E-state index in [-0.39, 0.29) is 23.9 Å². The smallest absolute Gasteiger partial charge is 0.320 e. The van der Waals surface area contributed by atoms with Gasteiger partial charge in [0.05, 0.1) is 19.6 Å². The maximum atomic E-state index is 12.9. The first kappa shape index (κ1) is 20.3. The maximum absolute atomic E-state index is 12.9. The fourth-order valence-corrected chi connectivity index (χ4v) is 4.81. The Morgan fingerprint density at radius 1 is 1.00 bits per heavy atom. The molecule has 2 fully saturated rings. The third-order valence-corrected chi connectivity index (χ3v) is 6.30. The van der Waals surface area contributed by atoms with E-state index in [1.165, 1.54) is 0 Å². The van der Waals surface area contributed by atoms with Crippen molar-refractivity contribution in [1.29, 1.82) is 0 Å². The molecular weight excluding hydrogens is 378 g/mol. The molecule has 0 spiro atoms. The van der Waals surface area contributed by atoms with E-state index in [0.29, 0.717) is 32.0 Å². The standard InChI is InChI=1S/C24H29N3O3/c1-25(2)24(29)27-15-19-14-26(22(28)13-17-7-5-4-6-8-17)16-21(19)23(27)18-9-11-20(30-3)12-10-18/h4-12,19,21,23H,13-16H2,1-3H3/t19-,21-,23+/m1/s1. The van der Waals surface area contributed by atoms with Crippen LogP contribution < -0.4 is 4.74 Å². The Morgan fingerprint density at radius 2 is 1.70 bits per heavy atom. The highest BCUT2D eigenvalue weighted by Gasteiger charge is 2.50. The summed E-state index contributed by atoms with van der Waals surface area (Å²) in [5, 5.41) is 0. The molecule has 3 atom stereocenters. The van der Waals surface area contributed by atoms with E-state index in [1.807, 2.05) is 64.4 Å². The van der Waals surface area contributed by atoms with Crippen LogP contribution in [-0.4, -0.2) is 67.5 Å². The fourth-order valence-electron chi connectivity index (χ4n) is 4.81. The predicted molar refractivity (Wildman–Crippen MR) is 115 cm³/mol. The number of urea groups is 1. The molecule has 4 rings (SSSR count). The molecule has 0 saturated carbocycles. The zero-order valence-electron chi connectivity index (χ0n) is 17.8. The number of carbonyl (C=O) groups excluding carboxylic acids is 2. The zero-order valence-corrected chi connectivity index (χ0v) is 17.8. The van der Waals surface area contributed by atoms with Gasteiger partial charge in [0.25, 0.3) is 0 Å². The van der Waals surface area contributed by atoms with E-state index in [1.54, 1.807) is 26.1 Å². The van der Waals surface area contributed by atoms with Crippen LogP contribution in [0.2, 0.25) is 0 Å². The Hall–Kier alpha value is -3.02. The number of rotatable bonds is 4. The number of nitrogens with zero attached hydrogens (tertiary/aromatic N) is 3. The summed E-state index contributed by atoms with van der Waals surface area (Å²) >= 11 is 0. The molecule has 2 heterocycles. The molecule has 0 bridgehead atoms. The Bertz CT molecular complexity index is 898. The highest BCUT2D eigenvalue weighted by Crippen LogP contribution is 2.45. The highest BCUT2D eigenvalue weighted by atomic mass is 16.5. The van der Waals surface area contributed by atoms with E-state index >= 15 is 0 Å². The number of likely N-dealkylation sites (tertiary alicyclic amines) is 2. The van der Waals surface area contributed by atoms with E-state index in [4.69, 9.17) is 4.74 Å². The first-order valence-corrected chi connectivity index (χ1v) is 10.4. The summed E-state index contributed by atoms with van der Waals surface area (Å²) in [6.45, 7) is 2.07. The third-order valence-electron chi connectivity index (χ3n) is 6.30. The predicted octanol–water partition coefficient (Wildman–Crippen LogP) is 3.05. The first-order chi connectivity index (χ1) is 14.5. The summed E-state index contributed by atoms with van der Waals surface area (Å²) in [4.78, 5) is 31.4. The quantitative estimate of drug-likeness (QED) is 0.783. The zero-order chi connectivity index (χ0) is 21.3. The van der Waals surface area contributed by atoms with Gasteiger partial charge in [0, 0.05) is 45.6 Å². The van der Waals surface area contributed by atoms with Gasteiger partial charge in [-0.1, -0.05) is 42.5 Å². The lowest BCUT2D eigenvalue weighted by atomic mass is 9.89. The van der Waals surface area contributed by atoms with Crippen molar-refractivity contribution in [2.75, 3.05) is 40.8 Å². The SMILES string of the molecule is COc1ccc([C@H]2[C@@H]3CN(C(=O)Cc4ccccc4)C[C@@H]3CN2C(=O)N(C)C)cc1. The topological polar surface area (TPSA) is 53.1 Å². The van der Waals surface area contributed by atoms with Crippen molar-refractivity contribution >= 4 is 11.9 Å². The van der Waals surface area contributed by atoms with Crippen molar-refractivity contribution in [3.05, 3.63) is 65.7 Å². The second-order valence-electron chi connectivity index (χ2n) is 8.43. The van der Waals surface area contributed by atoms with E-state index < -0.39 is 0 Å². The molecule has 0 aromatic heterocycles. The minimum absolute atomic E-state index is 0.0207. The van der Waals surface area contributed by atoms with Crippen molar-refractivity contribution in [3.8, 4) is 5.75 Å². The van der Waals surface area contributed by atoms with Gasteiger partial charge in [0.2, 0.25) is 5.91 Å². The van der Waals surface area contributed by atoms with Crippen molar-refractivity contribution in [2.24, 2.45) is 11.8 Å². The van der Waals surface area contributed by atoms with Crippen molar-refractivity contribution in [3.63, 3.8) is 0 Å². The lowest BCUT2D eigenvalue weighted by Crippen LogP contribution is -2.42. The van der Waals surface area contributed by atoms with Gasteiger partial charge in [-0.15, -0.1) is 0 Å². The summed E-state index contributed by atoms with van der Waals surface area (Å²) in [6.07, 6.45) is 0.424. The van der Waals surface area contributed by atoms with E-state index in [9.17, 15) is 9.59 Å². The second-order valence-corrected chi connectivity index (χ2v) is 8.43. The second kappa shape index (κ2) is 8.38. The minimum Gasteiger partial charge on any atom is -0.497 e. The van der Waals surface area contributed by atoms with Gasteiger partial charge in [-0.05, 0) is 23.3 Å². The van der Waals surface area contributed by atoms with Gasteiger partial charge < -0.3 is 19.4 Å². The molecule has 2 aromatic rings. The van der Waals surface area contributed by atoms with Crippen molar-refractivity contribution in [1.82, 2.24) is 14.7 Å². The number of hydrogen-bond donors (Lipinski definition) is 0. The van der Waals surface area contributed by atoms with Gasteiger partial charge in [0.1, 0.15) is 5.75 Å². The summed E-state index contributed by atoms with van der Waals surface area (Å²) in [7, 11) is 5.23. The number of fused-ring (bicyclic) bond motifs is 1. The molecule has 0 unspecified atom stereocenters. The average molecular weight is 408 g/mol. The molecular formula is C24H29N3O3. The molecule has 6 heteroatoms. The summed E-state index contributed by atoms with van der Waals surface area (Å²) < 4.78 is 5.29. The Balaban J connectivity index is 1.54. The van der Waals surface area contributed by atoms with Gasteiger partial charge in [-0.3, -0.25) is 4.79 Å². The van der Waals surface area contributed by atoms with Crippen LogP contribution in [0.15, 0.2) is 54.6 Å². The van der Waals surface area contributed by atoms with E-state index in [0.717, 1.165) is 16.9 Å². The number of benzene rings is 2. The largest absolute Gasteiger partial charge is 0.497 e. The molecule has 0 aliphatic carbocycles. The maximum Gasteiger partial charge on any atom is 0.320 e. The van der Waals surface area contributed by atoms with Crippen LogP contribution in [0.25, 0.3) is 0 Å². The Kier molecular flexibility index (Phi) is 5.66. The molecule has 2 aliphatic rings. The number of methoxy groups -OCH3 is 1. The van der Waals surface area contributed by atoms with Crippen LogP contribution >= 0.6 is 0 Å². The molecule has 30 heavy (non-hydrogen) atoms. The molecule has 6 nitrogen and oxygen atoms in total. The fraction of sp³-hybridized carbons (Fsp3) is 0.417. The van der Waals surface area contributed by atoms with Crippen LogP contribution in [0.5, 0.6) is 5.75 Å². The summed E-state index contributed by atoms with van der Waals surface area (Å²) in [5.74, 6) is 1.49. The number of carbonyl (C=O) groups is 2. The van der Waals surface area contributed by atoms with Crippen molar-refractivity contribution in [2.45, 2.75) is 12.5 Å². The van der Waals surface area contributed by atoms with Crippen LogP contribution in [0, 0.1) is 11.8 Å². The first-order valence-electron chi connectivity index (χ1n) is 10.4. The van der Waals surface area contributed by atoms with Gasteiger partial charge >= 0.3 is 6.03 Å². The van der Waals surface area contributed by atoms with Crippen LogP contribution in [0.3, 0.4) is 0 Å². The minimum atomic E-state index is -0.0367. The number of ether oxygens (including phenoxy) is 1. The summed E-state index contributed by atoms with van der Waals surface area (Å²) in [6, 6.07) is 17.8. The molecule has 2 aliphatic heterocycles. The summed E-state index contributed by atoms with van der Waals surface area (Å²) in [5.41, 5.74) is 2.13. The third kappa shape index (κ3) is 3.86. The van der Waals surface area contributed by atoms with Crippen LogP contribution in [0.1, 0.15) is 17.2 Å². The van der Waals surface area contributed by atoms with Gasteiger partial charge in [0.15, 0.2) is 0 Å². The number of hydrogen-bond acceptors (Lipinski definition) is 3.